The average Bonchev–Trinajstić information content (AvgIpc) is 3.29. The minimum Gasteiger partial charge on any atom is -0.338 e. The fourth-order valence-corrected chi connectivity index (χ4v) is 5.38. The van der Waals surface area contributed by atoms with Gasteiger partial charge in [0.1, 0.15) is 0 Å². The van der Waals surface area contributed by atoms with Crippen LogP contribution in [0.3, 0.4) is 0 Å². The van der Waals surface area contributed by atoms with Gasteiger partial charge in [-0.1, -0.05) is 62.4 Å². The molecule has 0 bridgehead atoms. The van der Waals surface area contributed by atoms with E-state index < -0.39 is 23.5 Å². The van der Waals surface area contributed by atoms with Crippen LogP contribution in [0.5, 0.6) is 0 Å². The molecule has 0 unspecified atom stereocenters. The molecule has 3 aromatic rings. The van der Waals surface area contributed by atoms with Crippen LogP contribution in [0.25, 0.3) is 0 Å². The monoisotopic (exact) mass is 562 g/mol. The lowest BCUT2D eigenvalue weighted by Gasteiger charge is -2.30. The van der Waals surface area contributed by atoms with Crippen molar-refractivity contribution in [3.8, 4) is 0 Å². The van der Waals surface area contributed by atoms with Gasteiger partial charge in [-0.05, 0) is 53.3 Å². The second kappa shape index (κ2) is 12.0. The van der Waals surface area contributed by atoms with E-state index in [-0.39, 0.29) is 23.7 Å². The second-order valence-electron chi connectivity index (χ2n) is 10.8. The van der Waals surface area contributed by atoms with Gasteiger partial charge in [-0.15, -0.1) is 0 Å². The Hall–Kier alpha value is -3.33. The van der Waals surface area contributed by atoms with Crippen LogP contribution in [-0.2, 0) is 18.9 Å². The summed E-state index contributed by atoms with van der Waals surface area (Å²) in [6, 6.07) is 19.1. The molecular weight excluding hydrogens is 530 g/mol. The Balaban J connectivity index is 1.62. The van der Waals surface area contributed by atoms with Crippen molar-refractivity contribution in [2.45, 2.75) is 38.7 Å². The SMILES string of the molecule is CC(C)CN(C[C@@H]1CN(Cc2ccc(C(F)(F)F)cc2)C[C@@H]1c1cccc(C(F)(F)F)c1)C(=O)c1ccccc1. The molecule has 0 aromatic heterocycles. The molecule has 0 radical (unpaired) electrons. The van der Waals surface area contributed by atoms with E-state index in [0.29, 0.717) is 49.4 Å². The number of benzene rings is 3. The first-order chi connectivity index (χ1) is 18.8. The topological polar surface area (TPSA) is 23.6 Å². The maximum atomic E-state index is 13.5. The zero-order valence-electron chi connectivity index (χ0n) is 22.3. The Morgan fingerprint density at radius 1 is 0.850 bits per heavy atom. The van der Waals surface area contributed by atoms with Gasteiger partial charge in [0.2, 0.25) is 0 Å². The summed E-state index contributed by atoms with van der Waals surface area (Å²) in [6.07, 6.45) is -8.92. The lowest BCUT2D eigenvalue weighted by Crippen LogP contribution is -2.39. The second-order valence-corrected chi connectivity index (χ2v) is 10.8. The lowest BCUT2D eigenvalue weighted by atomic mass is 9.87. The lowest BCUT2D eigenvalue weighted by molar-refractivity contribution is -0.138. The summed E-state index contributed by atoms with van der Waals surface area (Å²) in [5, 5.41) is 0. The molecule has 1 fully saturated rings. The van der Waals surface area contributed by atoms with Gasteiger partial charge >= 0.3 is 12.4 Å². The Bertz CT molecular complexity index is 1270. The van der Waals surface area contributed by atoms with Crippen molar-refractivity contribution in [3.63, 3.8) is 0 Å². The molecule has 3 nitrogen and oxygen atoms in total. The summed E-state index contributed by atoms with van der Waals surface area (Å²) in [7, 11) is 0. The molecule has 3 aromatic carbocycles. The zero-order chi connectivity index (χ0) is 29.1. The number of carbonyl (C=O) groups is 1. The first-order valence-electron chi connectivity index (χ1n) is 13.2. The maximum Gasteiger partial charge on any atom is 0.416 e. The van der Waals surface area contributed by atoms with Gasteiger partial charge in [-0.3, -0.25) is 9.69 Å². The van der Waals surface area contributed by atoms with Crippen molar-refractivity contribution in [2.75, 3.05) is 26.2 Å². The Morgan fingerprint density at radius 3 is 2.10 bits per heavy atom. The van der Waals surface area contributed by atoms with Gasteiger partial charge in [0.05, 0.1) is 11.1 Å². The number of amides is 1. The van der Waals surface area contributed by atoms with Gasteiger partial charge < -0.3 is 4.90 Å². The van der Waals surface area contributed by atoms with Crippen LogP contribution in [0.2, 0.25) is 0 Å². The van der Waals surface area contributed by atoms with E-state index in [1.165, 1.54) is 24.3 Å². The standard InChI is InChI=1S/C31H32F6N2O/c1-21(2)16-39(29(40)23-7-4-3-5-8-23)19-25-18-38(17-22-11-13-26(14-12-22)30(32,33)34)20-28(25)24-9-6-10-27(15-24)31(35,36)37/h3-15,21,25,28H,16-20H2,1-2H3/t25-,28+/m0/s1. The quantitative estimate of drug-likeness (QED) is 0.262. The third-order valence-corrected chi connectivity index (χ3v) is 7.19. The third kappa shape index (κ3) is 7.44. The van der Waals surface area contributed by atoms with E-state index in [1.54, 1.807) is 35.2 Å². The molecule has 0 aliphatic carbocycles. The fraction of sp³-hybridized carbons (Fsp3) is 0.387. The first kappa shape index (κ1) is 29.6. The van der Waals surface area contributed by atoms with Gasteiger partial charge in [0.15, 0.2) is 0 Å². The smallest absolute Gasteiger partial charge is 0.338 e. The van der Waals surface area contributed by atoms with Gasteiger partial charge in [-0.25, -0.2) is 0 Å². The van der Waals surface area contributed by atoms with Crippen molar-refractivity contribution < 1.29 is 31.1 Å². The molecule has 0 saturated carbocycles. The van der Waals surface area contributed by atoms with Gasteiger partial charge in [-0.2, -0.15) is 26.3 Å². The van der Waals surface area contributed by atoms with Crippen molar-refractivity contribution in [1.29, 1.82) is 0 Å². The molecule has 2 atom stereocenters. The highest BCUT2D eigenvalue weighted by atomic mass is 19.4. The van der Waals surface area contributed by atoms with Gasteiger partial charge in [0, 0.05) is 44.2 Å². The number of rotatable bonds is 8. The fourth-order valence-electron chi connectivity index (χ4n) is 5.38. The molecular formula is C31H32F6N2O. The number of alkyl halides is 6. The summed E-state index contributed by atoms with van der Waals surface area (Å²) < 4.78 is 79.6. The molecule has 214 valence electrons. The van der Waals surface area contributed by atoms with Crippen molar-refractivity contribution in [2.24, 2.45) is 11.8 Å². The first-order valence-corrected chi connectivity index (χ1v) is 13.2. The van der Waals surface area contributed by atoms with E-state index in [4.69, 9.17) is 0 Å². The Labute approximate surface area is 230 Å². The van der Waals surface area contributed by atoms with E-state index in [9.17, 15) is 31.1 Å². The number of nitrogens with zero attached hydrogens (tertiary/aromatic N) is 2. The zero-order valence-corrected chi connectivity index (χ0v) is 22.3. The highest BCUT2D eigenvalue weighted by molar-refractivity contribution is 5.94. The molecule has 0 N–H and O–H groups in total. The largest absolute Gasteiger partial charge is 0.416 e. The highest BCUT2D eigenvalue weighted by Crippen LogP contribution is 2.38. The summed E-state index contributed by atoms with van der Waals surface area (Å²) in [4.78, 5) is 17.3. The normalized spacial score (nSPS) is 18.3. The van der Waals surface area contributed by atoms with E-state index in [2.05, 4.69) is 0 Å². The predicted molar refractivity (Wildman–Crippen MR) is 142 cm³/mol. The van der Waals surface area contributed by atoms with Crippen LogP contribution in [0.15, 0.2) is 78.9 Å². The predicted octanol–water partition coefficient (Wildman–Crippen LogP) is 7.74. The highest BCUT2D eigenvalue weighted by Gasteiger charge is 2.38. The van der Waals surface area contributed by atoms with Crippen LogP contribution < -0.4 is 0 Å². The van der Waals surface area contributed by atoms with E-state index >= 15 is 0 Å². The number of likely N-dealkylation sites (tertiary alicyclic amines) is 1. The van der Waals surface area contributed by atoms with Crippen molar-refractivity contribution >= 4 is 5.91 Å². The molecule has 1 heterocycles. The van der Waals surface area contributed by atoms with Crippen molar-refractivity contribution in [1.82, 2.24) is 9.80 Å². The molecule has 1 saturated heterocycles. The van der Waals surface area contributed by atoms with Crippen molar-refractivity contribution in [3.05, 3.63) is 107 Å². The maximum absolute atomic E-state index is 13.5. The van der Waals surface area contributed by atoms with Crippen LogP contribution in [-0.4, -0.2) is 41.9 Å². The van der Waals surface area contributed by atoms with Crippen LogP contribution in [0.1, 0.15) is 52.4 Å². The summed E-state index contributed by atoms with van der Waals surface area (Å²) in [6.45, 7) is 6.08. The molecule has 1 aliphatic rings. The van der Waals surface area contributed by atoms with Crippen LogP contribution >= 0.6 is 0 Å². The molecule has 4 rings (SSSR count). The molecule has 1 aliphatic heterocycles. The minimum atomic E-state index is -4.49. The summed E-state index contributed by atoms with van der Waals surface area (Å²) >= 11 is 0. The van der Waals surface area contributed by atoms with E-state index in [0.717, 1.165) is 18.2 Å². The van der Waals surface area contributed by atoms with Crippen LogP contribution in [0, 0.1) is 11.8 Å². The molecule has 0 spiro atoms. The Kier molecular flexibility index (Phi) is 8.93. The van der Waals surface area contributed by atoms with E-state index in [1.807, 2.05) is 24.8 Å². The summed E-state index contributed by atoms with van der Waals surface area (Å²) in [5.41, 5.74) is 0.283. The van der Waals surface area contributed by atoms with Gasteiger partial charge in [0.25, 0.3) is 5.91 Å². The molecule has 9 heteroatoms. The average molecular weight is 563 g/mol. The summed E-state index contributed by atoms with van der Waals surface area (Å²) in [5.74, 6) is -0.443. The number of hydrogen-bond acceptors (Lipinski definition) is 2. The third-order valence-electron chi connectivity index (χ3n) is 7.19. The minimum absolute atomic E-state index is 0.140. The number of carbonyl (C=O) groups excluding carboxylic acids is 1. The Morgan fingerprint density at radius 2 is 1.50 bits per heavy atom. The number of hydrogen-bond donors (Lipinski definition) is 0. The molecule has 40 heavy (non-hydrogen) atoms. The molecule has 1 amide bonds. The number of halogens is 6. The van der Waals surface area contributed by atoms with Crippen LogP contribution in [0.4, 0.5) is 26.3 Å².